The van der Waals surface area contributed by atoms with Crippen molar-refractivity contribution in [3.8, 4) is 0 Å². The van der Waals surface area contributed by atoms with Gasteiger partial charge in [-0.15, -0.1) is 22.7 Å². The summed E-state index contributed by atoms with van der Waals surface area (Å²) in [5.74, 6) is 0. The first-order chi connectivity index (χ1) is 27.6. The van der Waals surface area contributed by atoms with E-state index < -0.39 is 0 Å². The van der Waals surface area contributed by atoms with E-state index in [4.69, 9.17) is 0 Å². The number of benzene rings is 8. The van der Waals surface area contributed by atoms with Crippen LogP contribution in [0.15, 0.2) is 164 Å². The van der Waals surface area contributed by atoms with Gasteiger partial charge >= 0.3 is 0 Å². The molecule has 8 aromatic carbocycles. The van der Waals surface area contributed by atoms with Crippen LogP contribution >= 0.6 is 22.7 Å². The molecule has 0 unspecified atom stereocenters. The van der Waals surface area contributed by atoms with Crippen LogP contribution in [0.5, 0.6) is 0 Å². The molecule has 56 heavy (non-hydrogen) atoms. The zero-order valence-electron chi connectivity index (χ0n) is 30.9. The van der Waals surface area contributed by atoms with Gasteiger partial charge in [0.25, 0.3) is 6.71 Å². The van der Waals surface area contributed by atoms with Crippen LogP contribution in [0.3, 0.4) is 0 Å². The summed E-state index contributed by atoms with van der Waals surface area (Å²) in [7, 11) is 0. The van der Waals surface area contributed by atoms with Crippen molar-refractivity contribution < 1.29 is 0 Å². The molecule has 0 N–H and O–H groups in total. The highest BCUT2D eigenvalue weighted by molar-refractivity contribution is 7.26. The van der Waals surface area contributed by atoms with Crippen molar-refractivity contribution in [1.29, 1.82) is 0 Å². The third-order valence-electron chi connectivity index (χ3n) is 12.9. The minimum atomic E-state index is -0.365. The first-order valence-electron chi connectivity index (χ1n) is 19.5. The molecule has 0 aliphatic carbocycles. The highest BCUT2D eigenvalue weighted by atomic mass is 32.1. The summed E-state index contributed by atoms with van der Waals surface area (Å²) in [6, 6.07) is 62.1. The highest BCUT2D eigenvalue weighted by Crippen LogP contribution is 2.52. The van der Waals surface area contributed by atoms with E-state index in [2.05, 4.69) is 187 Å². The van der Waals surface area contributed by atoms with Gasteiger partial charge in [0.2, 0.25) is 0 Å². The predicted molar refractivity (Wildman–Crippen MR) is 243 cm³/mol. The number of fused-ring (bicyclic) bond motifs is 6. The van der Waals surface area contributed by atoms with E-state index in [0.717, 1.165) is 0 Å². The lowest BCUT2D eigenvalue weighted by molar-refractivity contribution is 0.697. The topological polar surface area (TPSA) is 6.48 Å². The van der Waals surface area contributed by atoms with Crippen LogP contribution in [-0.4, -0.2) is 6.71 Å². The van der Waals surface area contributed by atoms with Gasteiger partial charge in [0, 0.05) is 79.9 Å². The number of thiophene rings is 2. The number of nitrogens with zero attached hydrogens (tertiary/aromatic N) is 2. The SMILES string of the molecule is Cc1cc2c3c(c1)N(c1ccc4c(c1)sc1ccccc14)c1cccc4c1B3c1c(cccc1C4(C)c1ccccc1)N2c1ccc2c(c1)sc1ccccc12. The maximum Gasteiger partial charge on any atom is 0.252 e. The largest absolute Gasteiger partial charge is 0.311 e. The van der Waals surface area contributed by atoms with Gasteiger partial charge in [-0.2, -0.15) is 0 Å². The zero-order chi connectivity index (χ0) is 36.9. The quantitative estimate of drug-likeness (QED) is 0.166. The average Bonchev–Trinajstić information content (AvgIpc) is 3.80. The van der Waals surface area contributed by atoms with Crippen LogP contribution in [0.25, 0.3) is 40.3 Å². The third kappa shape index (κ3) is 3.92. The second-order valence-electron chi connectivity index (χ2n) is 15.8. The number of rotatable bonds is 3. The molecule has 0 saturated carbocycles. The van der Waals surface area contributed by atoms with Gasteiger partial charge in [0.1, 0.15) is 0 Å². The second-order valence-corrected chi connectivity index (χ2v) is 18.0. The smallest absolute Gasteiger partial charge is 0.252 e. The van der Waals surface area contributed by atoms with Crippen molar-refractivity contribution in [2.75, 3.05) is 9.80 Å². The fourth-order valence-corrected chi connectivity index (χ4v) is 12.9. The Balaban J connectivity index is 1.14. The molecule has 3 aliphatic rings. The Morgan fingerprint density at radius 3 is 1.45 bits per heavy atom. The van der Waals surface area contributed by atoms with E-state index in [-0.39, 0.29) is 12.1 Å². The molecule has 10 aromatic rings. The van der Waals surface area contributed by atoms with Gasteiger partial charge in [-0.3, -0.25) is 0 Å². The lowest BCUT2D eigenvalue weighted by Gasteiger charge is -2.51. The Labute approximate surface area is 333 Å². The maximum atomic E-state index is 2.59. The van der Waals surface area contributed by atoms with Crippen LogP contribution in [0, 0.1) is 6.92 Å². The molecular formula is C51H33BN2S2. The number of anilines is 6. The van der Waals surface area contributed by atoms with E-state index in [1.165, 1.54) is 113 Å². The first-order valence-corrected chi connectivity index (χ1v) is 21.1. The minimum Gasteiger partial charge on any atom is -0.311 e. The van der Waals surface area contributed by atoms with Gasteiger partial charge in [-0.05, 0) is 113 Å². The molecular weight excluding hydrogens is 716 g/mol. The molecule has 5 heteroatoms. The van der Waals surface area contributed by atoms with E-state index >= 15 is 0 Å². The predicted octanol–water partition coefficient (Wildman–Crippen LogP) is 12.5. The Kier molecular flexibility index (Phi) is 6.11. The van der Waals surface area contributed by atoms with Crippen LogP contribution in [0.1, 0.15) is 29.2 Å². The molecule has 0 radical (unpaired) electrons. The van der Waals surface area contributed by atoms with Crippen molar-refractivity contribution in [3.63, 3.8) is 0 Å². The summed E-state index contributed by atoms with van der Waals surface area (Å²) in [5.41, 5.74) is 16.7. The number of hydrogen-bond acceptors (Lipinski definition) is 4. The van der Waals surface area contributed by atoms with Gasteiger partial charge in [0.05, 0.1) is 0 Å². The summed E-state index contributed by atoms with van der Waals surface area (Å²) < 4.78 is 5.30. The molecule has 2 aromatic heterocycles. The van der Waals surface area contributed by atoms with Crippen LogP contribution in [-0.2, 0) is 5.41 Å². The Morgan fingerprint density at radius 1 is 0.429 bits per heavy atom. The summed E-state index contributed by atoms with van der Waals surface area (Å²) in [6.07, 6.45) is 0. The van der Waals surface area contributed by atoms with E-state index in [0.29, 0.717) is 0 Å². The number of aryl methyl sites for hydroxylation is 1. The summed E-state index contributed by atoms with van der Waals surface area (Å²) in [4.78, 5) is 5.17. The van der Waals surface area contributed by atoms with Gasteiger partial charge < -0.3 is 9.80 Å². The van der Waals surface area contributed by atoms with Crippen molar-refractivity contribution in [3.05, 3.63) is 186 Å². The van der Waals surface area contributed by atoms with Crippen LogP contribution < -0.4 is 26.2 Å². The average molecular weight is 749 g/mol. The van der Waals surface area contributed by atoms with E-state index in [1.54, 1.807) is 0 Å². The van der Waals surface area contributed by atoms with Crippen molar-refractivity contribution in [1.82, 2.24) is 0 Å². The summed E-state index contributed by atoms with van der Waals surface area (Å²) in [5, 5.41) is 5.31. The lowest BCUT2D eigenvalue weighted by Crippen LogP contribution is -2.67. The molecule has 5 heterocycles. The first kappa shape index (κ1) is 31.1. The maximum absolute atomic E-state index is 2.59. The Hall–Kier alpha value is -6.14. The number of hydrogen-bond donors (Lipinski definition) is 0. The standard InChI is InChI=1S/C51H33BN2S2/c1-30-26-42-50-43(27-30)54(33-23-25-37-35-15-7-9-21-45(35)56-47(37)29-33)41-19-11-17-39-49(41)52(50)48-38(51(39,2)31-12-4-3-5-13-31)16-10-18-40(48)53(42)32-22-24-36-34-14-6-8-20-44(34)55-46(36)28-32/h3-29H,1-2H3. The summed E-state index contributed by atoms with van der Waals surface area (Å²) >= 11 is 3.78. The molecule has 0 bridgehead atoms. The minimum absolute atomic E-state index is 0.100. The molecule has 262 valence electrons. The fourth-order valence-electron chi connectivity index (χ4n) is 10.6. The Morgan fingerprint density at radius 2 is 0.911 bits per heavy atom. The van der Waals surface area contributed by atoms with E-state index in [9.17, 15) is 0 Å². The monoisotopic (exact) mass is 748 g/mol. The summed E-state index contributed by atoms with van der Waals surface area (Å²) in [6.45, 7) is 4.83. The Bertz CT molecular complexity index is 3130. The normalized spacial score (nSPS) is 14.6. The molecule has 3 aliphatic heterocycles. The van der Waals surface area contributed by atoms with Crippen molar-refractivity contribution in [2.24, 2.45) is 0 Å². The van der Waals surface area contributed by atoms with Gasteiger partial charge in [0.15, 0.2) is 0 Å². The van der Waals surface area contributed by atoms with Crippen molar-refractivity contribution in [2.45, 2.75) is 19.3 Å². The molecule has 2 nitrogen and oxygen atoms in total. The molecule has 0 saturated heterocycles. The molecule has 0 spiro atoms. The molecule has 13 rings (SSSR count). The lowest BCUT2D eigenvalue weighted by atomic mass is 9.28. The van der Waals surface area contributed by atoms with Gasteiger partial charge in [-0.1, -0.05) is 103 Å². The van der Waals surface area contributed by atoms with Crippen LogP contribution in [0.4, 0.5) is 34.1 Å². The van der Waals surface area contributed by atoms with E-state index in [1.807, 2.05) is 22.7 Å². The zero-order valence-corrected chi connectivity index (χ0v) is 32.5. The van der Waals surface area contributed by atoms with Crippen LogP contribution in [0.2, 0.25) is 0 Å². The second kappa shape index (κ2) is 11.0. The molecule has 0 fully saturated rings. The molecule has 0 amide bonds. The van der Waals surface area contributed by atoms with Gasteiger partial charge in [-0.25, -0.2) is 0 Å². The fraction of sp³-hybridized carbons (Fsp3) is 0.0588. The highest BCUT2D eigenvalue weighted by Gasteiger charge is 2.52. The van der Waals surface area contributed by atoms with Crippen molar-refractivity contribution >= 4 is 120 Å². The molecule has 0 atom stereocenters. The third-order valence-corrected chi connectivity index (χ3v) is 15.2.